The van der Waals surface area contributed by atoms with Crippen LogP contribution in [0.2, 0.25) is 10.2 Å². The number of halogens is 2. The van der Waals surface area contributed by atoms with E-state index in [2.05, 4.69) is 10.3 Å². The smallest absolute Gasteiger partial charge is 0.251 e. The van der Waals surface area contributed by atoms with Gasteiger partial charge in [-0.15, -0.1) is 5.10 Å². The number of aliphatic hydroxyl groups excluding tert-OH is 1. The Morgan fingerprint density at radius 2 is 2.08 bits per heavy atom. The molecule has 0 saturated carbocycles. The first-order chi connectivity index (χ1) is 12.1. The predicted molar refractivity (Wildman–Crippen MR) is 95.5 cm³/mol. The van der Waals surface area contributed by atoms with Crippen LogP contribution in [0.4, 0.5) is 0 Å². The number of pyridine rings is 1. The number of fused-ring (bicyclic) bond motifs is 1. The van der Waals surface area contributed by atoms with Crippen molar-refractivity contribution in [1.29, 1.82) is 0 Å². The van der Waals surface area contributed by atoms with Crippen LogP contribution in [0, 0.1) is 0 Å². The summed E-state index contributed by atoms with van der Waals surface area (Å²) in [6.45, 7) is -0.0356. The summed E-state index contributed by atoms with van der Waals surface area (Å²) in [6.07, 6.45) is 3.10. The van der Waals surface area contributed by atoms with Gasteiger partial charge >= 0.3 is 0 Å². The first-order valence-corrected chi connectivity index (χ1v) is 8.57. The number of hydrogen-bond donors (Lipinski definition) is 1. The lowest BCUT2D eigenvalue weighted by molar-refractivity contribution is 0.231. The summed E-state index contributed by atoms with van der Waals surface area (Å²) in [5, 5.41) is 18.1. The molecule has 1 aliphatic heterocycles. The number of nitrogens with zero attached hydrogens (tertiary/aromatic N) is 4. The van der Waals surface area contributed by atoms with E-state index in [9.17, 15) is 9.90 Å². The minimum absolute atomic E-state index is 0.0356. The van der Waals surface area contributed by atoms with Crippen LogP contribution in [0.25, 0.3) is 16.8 Å². The van der Waals surface area contributed by atoms with Crippen LogP contribution in [0.15, 0.2) is 41.3 Å². The molecule has 4 rings (SSSR count). The van der Waals surface area contributed by atoms with E-state index in [-0.39, 0.29) is 23.4 Å². The molecule has 0 amide bonds. The minimum Gasteiger partial charge on any atom is -0.394 e. The molecule has 8 heteroatoms. The monoisotopic (exact) mass is 376 g/mol. The van der Waals surface area contributed by atoms with Gasteiger partial charge in [-0.05, 0) is 42.7 Å². The fourth-order valence-electron chi connectivity index (χ4n) is 3.31. The summed E-state index contributed by atoms with van der Waals surface area (Å²) in [7, 11) is 0. The molecule has 3 heterocycles. The standard InChI is InChI=1S/C17H14Cl2N4O2/c18-11-1-4-15(22-8-16(19)20-21-22)14(7-11)10-5-12-2-3-13(9-24)23(12)17(25)6-10/h1,4-8,13,24H,2-3,9H2/t13-/m0/s1. The maximum absolute atomic E-state index is 12.6. The normalized spacial score (nSPS) is 16.2. The second-order valence-corrected chi connectivity index (χ2v) is 6.79. The molecule has 0 unspecified atom stereocenters. The van der Waals surface area contributed by atoms with Gasteiger partial charge in [0.25, 0.3) is 5.56 Å². The number of hydrogen-bond acceptors (Lipinski definition) is 4. The van der Waals surface area contributed by atoms with Gasteiger partial charge in [-0.25, -0.2) is 4.68 Å². The summed E-state index contributed by atoms with van der Waals surface area (Å²) in [5.74, 6) is 0. The molecule has 2 aromatic heterocycles. The average molecular weight is 377 g/mol. The van der Waals surface area contributed by atoms with Crippen molar-refractivity contribution < 1.29 is 5.11 Å². The van der Waals surface area contributed by atoms with Crippen LogP contribution in [0.3, 0.4) is 0 Å². The largest absolute Gasteiger partial charge is 0.394 e. The maximum atomic E-state index is 12.6. The zero-order valence-corrected chi connectivity index (χ0v) is 14.6. The van der Waals surface area contributed by atoms with Gasteiger partial charge in [0, 0.05) is 22.3 Å². The second-order valence-electron chi connectivity index (χ2n) is 5.97. The van der Waals surface area contributed by atoms with Gasteiger partial charge in [0.15, 0.2) is 5.15 Å². The number of aliphatic hydroxyl groups is 1. The van der Waals surface area contributed by atoms with Crippen molar-refractivity contribution in [1.82, 2.24) is 19.6 Å². The van der Waals surface area contributed by atoms with Crippen molar-refractivity contribution in [2.24, 2.45) is 0 Å². The Labute approximate surface area is 153 Å². The molecular formula is C17H14Cl2N4O2. The Kier molecular flexibility index (Phi) is 4.11. The quantitative estimate of drug-likeness (QED) is 0.762. The summed E-state index contributed by atoms with van der Waals surface area (Å²) in [6, 6.07) is 8.72. The van der Waals surface area contributed by atoms with Crippen molar-refractivity contribution in [3.05, 3.63) is 62.8 Å². The lowest BCUT2D eigenvalue weighted by Gasteiger charge is -2.14. The summed E-state index contributed by atoms with van der Waals surface area (Å²) in [5.41, 5.74) is 3.02. The average Bonchev–Trinajstić information content (AvgIpc) is 3.21. The molecule has 25 heavy (non-hydrogen) atoms. The summed E-state index contributed by atoms with van der Waals surface area (Å²) >= 11 is 12.1. The molecule has 0 bridgehead atoms. The van der Waals surface area contributed by atoms with Crippen molar-refractivity contribution in [2.75, 3.05) is 6.61 Å². The third-order valence-electron chi connectivity index (χ3n) is 4.44. The summed E-state index contributed by atoms with van der Waals surface area (Å²) < 4.78 is 3.22. The van der Waals surface area contributed by atoms with Gasteiger partial charge in [0.1, 0.15) is 0 Å². The molecule has 0 aliphatic carbocycles. The molecule has 0 radical (unpaired) electrons. The third kappa shape index (κ3) is 2.86. The fraction of sp³-hybridized carbons (Fsp3) is 0.235. The number of aromatic nitrogens is 4. The van der Waals surface area contributed by atoms with E-state index in [0.29, 0.717) is 5.02 Å². The maximum Gasteiger partial charge on any atom is 0.251 e. The first-order valence-electron chi connectivity index (χ1n) is 7.81. The Morgan fingerprint density at radius 3 is 2.80 bits per heavy atom. The van der Waals surface area contributed by atoms with Gasteiger partial charge in [-0.2, -0.15) is 0 Å². The SMILES string of the molecule is O=c1cc(-c2cc(Cl)ccc2-n2cc(Cl)nn2)cc2n1[C@H](CO)CC2. The molecule has 1 aliphatic rings. The Balaban J connectivity index is 1.90. The van der Waals surface area contributed by atoms with Gasteiger partial charge in [0.2, 0.25) is 0 Å². The van der Waals surface area contributed by atoms with Gasteiger partial charge < -0.3 is 9.67 Å². The van der Waals surface area contributed by atoms with E-state index in [1.54, 1.807) is 33.6 Å². The molecule has 1 atom stereocenters. The van der Waals surface area contributed by atoms with E-state index in [1.165, 1.54) is 0 Å². The molecule has 3 aromatic rings. The van der Waals surface area contributed by atoms with Gasteiger partial charge in [-0.1, -0.05) is 28.4 Å². The fourth-order valence-corrected chi connectivity index (χ4v) is 3.61. The highest BCUT2D eigenvalue weighted by Gasteiger charge is 2.23. The van der Waals surface area contributed by atoms with Crippen LogP contribution < -0.4 is 5.56 Å². The number of aryl methyl sites for hydroxylation is 1. The predicted octanol–water partition coefficient (Wildman–Crippen LogP) is 2.88. The molecule has 1 N–H and O–H groups in total. The van der Waals surface area contributed by atoms with Crippen molar-refractivity contribution in [3.63, 3.8) is 0 Å². The second kappa shape index (κ2) is 6.29. The molecule has 0 spiro atoms. The highest BCUT2D eigenvalue weighted by atomic mass is 35.5. The van der Waals surface area contributed by atoms with E-state index < -0.39 is 0 Å². The van der Waals surface area contributed by atoms with Crippen molar-refractivity contribution in [2.45, 2.75) is 18.9 Å². The van der Waals surface area contributed by atoms with Crippen LogP contribution in [-0.4, -0.2) is 31.3 Å². The Hall–Kier alpha value is -2.15. The molecule has 6 nitrogen and oxygen atoms in total. The van der Waals surface area contributed by atoms with Crippen molar-refractivity contribution >= 4 is 23.2 Å². The third-order valence-corrected chi connectivity index (χ3v) is 4.85. The number of benzene rings is 1. The molecule has 0 fully saturated rings. The lowest BCUT2D eigenvalue weighted by atomic mass is 10.0. The van der Waals surface area contributed by atoms with E-state index in [1.807, 2.05) is 12.1 Å². The minimum atomic E-state index is -0.149. The highest BCUT2D eigenvalue weighted by Crippen LogP contribution is 2.32. The topological polar surface area (TPSA) is 72.9 Å². The Morgan fingerprint density at radius 1 is 1.24 bits per heavy atom. The number of rotatable bonds is 3. The lowest BCUT2D eigenvalue weighted by Crippen LogP contribution is -2.24. The van der Waals surface area contributed by atoms with E-state index >= 15 is 0 Å². The molecule has 0 saturated heterocycles. The van der Waals surface area contributed by atoms with E-state index in [4.69, 9.17) is 23.2 Å². The van der Waals surface area contributed by atoms with Crippen molar-refractivity contribution in [3.8, 4) is 16.8 Å². The summed E-state index contributed by atoms with van der Waals surface area (Å²) in [4.78, 5) is 12.6. The molecular weight excluding hydrogens is 363 g/mol. The first kappa shape index (κ1) is 16.3. The zero-order chi connectivity index (χ0) is 17.6. The van der Waals surface area contributed by atoms with Gasteiger partial charge in [0.05, 0.1) is 24.5 Å². The molecule has 128 valence electrons. The highest BCUT2D eigenvalue weighted by molar-refractivity contribution is 6.31. The van der Waals surface area contributed by atoms with Gasteiger partial charge in [-0.3, -0.25) is 4.79 Å². The molecule has 1 aromatic carbocycles. The van der Waals surface area contributed by atoms with Crippen LogP contribution in [-0.2, 0) is 6.42 Å². The van der Waals surface area contributed by atoms with E-state index in [0.717, 1.165) is 35.3 Å². The van der Waals surface area contributed by atoms with Crippen LogP contribution in [0.1, 0.15) is 18.2 Å². The Bertz CT molecular complexity index is 1010. The van der Waals surface area contributed by atoms with Crippen LogP contribution >= 0.6 is 23.2 Å². The van der Waals surface area contributed by atoms with Crippen LogP contribution in [0.5, 0.6) is 0 Å². The zero-order valence-electron chi connectivity index (χ0n) is 13.1.